The average molecular weight is 278 g/mol. The molecule has 4 nitrogen and oxygen atoms in total. The Hall–Kier alpha value is -1.55. The molecule has 0 aliphatic heterocycles. The SMILES string of the molecule is CCNCC(C)C(=O)NC(C)c1ccc(OCC)cc1. The Bertz CT molecular complexity index is 403. The molecule has 112 valence electrons. The lowest BCUT2D eigenvalue weighted by Gasteiger charge is -2.18. The molecular formula is C16H26N2O2. The van der Waals surface area contributed by atoms with Gasteiger partial charge in [-0.25, -0.2) is 0 Å². The third-order valence-corrected chi connectivity index (χ3v) is 3.20. The van der Waals surface area contributed by atoms with Crippen molar-refractivity contribution < 1.29 is 9.53 Å². The quantitative estimate of drug-likeness (QED) is 0.768. The summed E-state index contributed by atoms with van der Waals surface area (Å²) < 4.78 is 5.41. The molecule has 0 saturated heterocycles. The highest BCUT2D eigenvalue weighted by atomic mass is 16.5. The Morgan fingerprint density at radius 2 is 1.85 bits per heavy atom. The first-order valence-corrected chi connectivity index (χ1v) is 7.32. The van der Waals surface area contributed by atoms with Gasteiger partial charge < -0.3 is 15.4 Å². The van der Waals surface area contributed by atoms with Crippen LogP contribution in [0.5, 0.6) is 5.75 Å². The molecule has 0 fully saturated rings. The van der Waals surface area contributed by atoms with Gasteiger partial charge in [0, 0.05) is 12.5 Å². The van der Waals surface area contributed by atoms with Crippen LogP contribution in [0.4, 0.5) is 0 Å². The predicted octanol–water partition coefficient (Wildman–Crippen LogP) is 2.51. The second-order valence-electron chi connectivity index (χ2n) is 4.94. The molecule has 2 N–H and O–H groups in total. The number of nitrogens with one attached hydrogen (secondary N) is 2. The first-order chi connectivity index (χ1) is 9.58. The summed E-state index contributed by atoms with van der Waals surface area (Å²) in [6.45, 7) is 10.2. The van der Waals surface area contributed by atoms with E-state index in [1.807, 2.05) is 52.0 Å². The highest BCUT2D eigenvalue weighted by Gasteiger charge is 2.15. The monoisotopic (exact) mass is 278 g/mol. The highest BCUT2D eigenvalue weighted by molar-refractivity contribution is 5.78. The van der Waals surface area contributed by atoms with Crippen molar-refractivity contribution in [2.45, 2.75) is 33.7 Å². The van der Waals surface area contributed by atoms with E-state index in [1.165, 1.54) is 0 Å². The van der Waals surface area contributed by atoms with Crippen molar-refractivity contribution in [2.75, 3.05) is 19.7 Å². The van der Waals surface area contributed by atoms with Crippen LogP contribution in [0, 0.1) is 5.92 Å². The number of benzene rings is 1. The maximum atomic E-state index is 12.0. The summed E-state index contributed by atoms with van der Waals surface area (Å²) in [4.78, 5) is 12.0. The van der Waals surface area contributed by atoms with E-state index in [0.717, 1.165) is 17.9 Å². The van der Waals surface area contributed by atoms with E-state index in [2.05, 4.69) is 10.6 Å². The molecule has 0 aromatic heterocycles. The fourth-order valence-electron chi connectivity index (χ4n) is 1.91. The fourth-order valence-corrected chi connectivity index (χ4v) is 1.91. The lowest BCUT2D eigenvalue weighted by molar-refractivity contribution is -0.125. The lowest BCUT2D eigenvalue weighted by Crippen LogP contribution is -2.36. The lowest BCUT2D eigenvalue weighted by atomic mass is 10.1. The predicted molar refractivity (Wildman–Crippen MR) is 81.9 cm³/mol. The summed E-state index contributed by atoms with van der Waals surface area (Å²) in [6, 6.07) is 7.85. The Labute approximate surface area is 121 Å². The van der Waals surface area contributed by atoms with Gasteiger partial charge in [-0.05, 0) is 38.1 Å². The van der Waals surface area contributed by atoms with E-state index in [0.29, 0.717) is 13.2 Å². The number of hydrogen-bond donors (Lipinski definition) is 2. The molecule has 1 aromatic carbocycles. The zero-order valence-corrected chi connectivity index (χ0v) is 12.9. The van der Waals surface area contributed by atoms with Gasteiger partial charge in [0.05, 0.1) is 12.6 Å². The van der Waals surface area contributed by atoms with Gasteiger partial charge >= 0.3 is 0 Å². The number of rotatable bonds is 8. The van der Waals surface area contributed by atoms with Crippen LogP contribution in [-0.2, 0) is 4.79 Å². The third kappa shape index (κ3) is 5.21. The van der Waals surface area contributed by atoms with Crippen LogP contribution in [0.2, 0.25) is 0 Å². The molecule has 0 heterocycles. The molecule has 2 unspecified atom stereocenters. The Kier molecular flexibility index (Phi) is 7.09. The highest BCUT2D eigenvalue weighted by Crippen LogP contribution is 2.17. The van der Waals surface area contributed by atoms with Crippen molar-refractivity contribution in [3.63, 3.8) is 0 Å². The van der Waals surface area contributed by atoms with Crippen molar-refractivity contribution in [3.05, 3.63) is 29.8 Å². The molecule has 0 radical (unpaired) electrons. The number of amides is 1. The molecule has 2 atom stereocenters. The first-order valence-electron chi connectivity index (χ1n) is 7.32. The van der Waals surface area contributed by atoms with Crippen LogP contribution in [0.25, 0.3) is 0 Å². The van der Waals surface area contributed by atoms with E-state index in [9.17, 15) is 4.79 Å². The molecule has 1 rings (SSSR count). The smallest absolute Gasteiger partial charge is 0.224 e. The first kappa shape index (κ1) is 16.5. The normalized spacial score (nSPS) is 13.6. The van der Waals surface area contributed by atoms with E-state index in [-0.39, 0.29) is 17.9 Å². The number of hydrogen-bond acceptors (Lipinski definition) is 3. The van der Waals surface area contributed by atoms with Crippen LogP contribution in [-0.4, -0.2) is 25.6 Å². The second kappa shape index (κ2) is 8.59. The molecule has 0 spiro atoms. The van der Waals surface area contributed by atoms with Gasteiger partial charge in [0.25, 0.3) is 0 Å². The van der Waals surface area contributed by atoms with Crippen LogP contribution >= 0.6 is 0 Å². The zero-order valence-electron chi connectivity index (χ0n) is 12.9. The molecule has 0 aliphatic rings. The molecule has 0 saturated carbocycles. The van der Waals surface area contributed by atoms with E-state index in [4.69, 9.17) is 4.74 Å². The van der Waals surface area contributed by atoms with Gasteiger partial charge in [0.15, 0.2) is 0 Å². The van der Waals surface area contributed by atoms with E-state index in [1.54, 1.807) is 0 Å². The van der Waals surface area contributed by atoms with Crippen molar-refractivity contribution in [1.82, 2.24) is 10.6 Å². The molecule has 20 heavy (non-hydrogen) atoms. The van der Waals surface area contributed by atoms with Crippen molar-refractivity contribution in [1.29, 1.82) is 0 Å². The maximum Gasteiger partial charge on any atom is 0.224 e. The van der Waals surface area contributed by atoms with Crippen LogP contribution in [0.1, 0.15) is 39.3 Å². The Morgan fingerprint density at radius 3 is 2.40 bits per heavy atom. The van der Waals surface area contributed by atoms with Crippen molar-refractivity contribution in [2.24, 2.45) is 5.92 Å². The Balaban J connectivity index is 2.52. The van der Waals surface area contributed by atoms with Crippen LogP contribution in [0.15, 0.2) is 24.3 Å². The zero-order chi connectivity index (χ0) is 15.0. The number of carbonyl (C=O) groups excluding carboxylic acids is 1. The molecular weight excluding hydrogens is 252 g/mol. The summed E-state index contributed by atoms with van der Waals surface area (Å²) in [5, 5.41) is 6.22. The summed E-state index contributed by atoms with van der Waals surface area (Å²) >= 11 is 0. The van der Waals surface area contributed by atoms with Crippen LogP contribution < -0.4 is 15.4 Å². The summed E-state index contributed by atoms with van der Waals surface area (Å²) in [6.07, 6.45) is 0. The number of ether oxygens (including phenoxy) is 1. The molecule has 0 aliphatic carbocycles. The van der Waals surface area contributed by atoms with Gasteiger partial charge in [-0.15, -0.1) is 0 Å². The van der Waals surface area contributed by atoms with Gasteiger partial charge in [-0.1, -0.05) is 26.0 Å². The van der Waals surface area contributed by atoms with E-state index >= 15 is 0 Å². The minimum absolute atomic E-state index is 0.00209. The fraction of sp³-hybridized carbons (Fsp3) is 0.562. The minimum Gasteiger partial charge on any atom is -0.494 e. The number of carbonyl (C=O) groups is 1. The topological polar surface area (TPSA) is 50.4 Å². The van der Waals surface area contributed by atoms with Gasteiger partial charge in [0.2, 0.25) is 5.91 Å². The van der Waals surface area contributed by atoms with Crippen LogP contribution in [0.3, 0.4) is 0 Å². The van der Waals surface area contributed by atoms with E-state index < -0.39 is 0 Å². The summed E-state index contributed by atoms with van der Waals surface area (Å²) in [5.41, 5.74) is 1.08. The van der Waals surface area contributed by atoms with Crippen molar-refractivity contribution >= 4 is 5.91 Å². The molecule has 4 heteroatoms. The molecule has 0 bridgehead atoms. The minimum atomic E-state index is -0.0277. The third-order valence-electron chi connectivity index (χ3n) is 3.20. The maximum absolute atomic E-state index is 12.0. The standard InChI is InChI=1S/C16H26N2O2/c1-5-17-11-12(3)16(19)18-13(4)14-7-9-15(10-8-14)20-6-2/h7-10,12-13,17H,5-6,11H2,1-4H3,(H,18,19). The van der Waals surface area contributed by atoms with Gasteiger partial charge in [-0.3, -0.25) is 4.79 Å². The molecule has 1 aromatic rings. The van der Waals surface area contributed by atoms with Crippen molar-refractivity contribution in [3.8, 4) is 5.75 Å². The summed E-state index contributed by atoms with van der Waals surface area (Å²) in [7, 11) is 0. The molecule has 1 amide bonds. The largest absolute Gasteiger partial charge is 0.494 e. The van der Waals surface area contributed by atoms with Gasteiger partial charge in [-0.2, -0.15) is 0 Å². The Morgan fingerprint density at radius 1 is 1.20 bits per heavy atom. The van der Waals surface area contributed by atoms with Gasteiger partial charge in [0.1, 0.15) is 5.75 Å². The second-order valence-corrected chi connectivity index (χ2v) is 4.94. The summed E-state index contributed by atoms with van der Waals surface area (Å²) in [5.74, 6) is 0.905. The average Bonchev–Trinajstić information content (AvgIpc) is 2.45.